The fraction of sp³-hybridized carbons (Fsp3) is 0.206. The van der Waals surface area contributed by atoms with Crippen molar-refractivity contribution in [2.45, 2.75) is 13.0 Å². The Morgan fingerprint density at radius 1 is 0.955 bits per heavy atom. The summed E-state index contributed by atoms with van der Waals surface area (Å²) in [5.74, 6) is 1.49. The Morgan fingerprint density at radius 3 is 2.34 bits per heavy atom. The van der Waals surface area contributed by atoms with E-state index in [1.54, 1.807) is 57.6 Å². The van der Waals surface area contributed by atoms with Crippen LogP contribution in [0.15, 0.2) is 94.7 Å². The Bertz CT molecular complexity index is 1910. The number of aromatic nitrogens is 1. The van der Waals surface area contributed by atoms with E-state index in [0.717, 1.165) is 11.1 Å². The normalized spacial score (nSPS) is 14.4. The minimum Gasteiger partial charge on any atom is -0.493 e. The predicted molar refractivity (Wildman–Crippen MR) is 169 cm³/mol. The molecule has 0 saturated carbocycles. The lowest BCUT2D eigenvalue weighted by Gasteiger charge is -2.26. The van der Waals surface area contributed by atoms with Gasteiger partial charge in [0, 0.05) is 5.56 Å². The van der Waals surface area contributed by atoms with Crippen molar-refractivity contribution in [2.75, 3.05) is 34.5 Å². The zero-order chi connectivity index (χ0) is 31.2. The molecule has 0 fully saturated rings. The van der Waals surface area contributed by atoms with Gasteiger partial charge >= 0.3 is 5.97 Å². The molecule has 0 radical (unpaired) electrons. The van der Waals surface area contributed by atoms with E-state index < -0.39 is 12.0 Å². The van der Waals surface area contributed by atoms with Crippen molar-refractivity contribution in [3.63, 3.8) is 0 Å². The Balaban J connectivity index is 1.78. The van der Waals surface area contributed by atoms with Gasteiger partial charge in [-0.2, -0.15) is 0 Å². The smallest absolute Gasteiger partial charge is 0.338 e. The standard InChI is InChI=1S/C34H32N2O7S/c1-6-17-43-25-15-13-21(18-26(25)40-4)19-28-32(37)36-31(23-14-16-24(39-3)27(20-23)41-5)29(33(38)42-7-2)30(35-34(36)44-28)22-11-9-8-10-12-22/h6,8-16,18-20,31H,1,7,17H2,2-5H3/b28-19-/t31-/m1/s1. The summed E-state index contributed by atoms with van der Waals surface area (Å²) in [7, 11) is 4.64. The first kappa shape index (κ1) is 30.4. The molecule has 0 amide bonds. The van der Waals surface area contributed by atoms with E-state index >= 15 is 0 Å². The van der Waals surface area contributed by atoms with Crippen LogP contribution in [0.4, 0.5) is 0 Å². The van der Waals surface area contributed by atoms with Crippen LogP contribution in [0.5, 0.6) is 23.0 Å². The van der Waals surface area contributed by atoms with Gasteiger partial charge in [-0.25, -0.2) is 9.79 Å². The first-order valence-electron chi connectivity index (χ1n) is 13.9. The van der Waals surface area contributed by atoms with Gasteiger partial charge in [-0.15, -0.1) is 0 Å². The number of carbonyl (C=O) groups excluding carboxylic acids is 1. The molecule has 5 rings (SSSR count). The minimum atomic E-state index is -0.855. The number of nitrogens with zero attached hydrogens (tertiary/aromatic N) is 2. The van der Waals surface area contributed by atoms with Gasteiger partial charge in [0.1, 0.15) is 6.61 Å². The first-order valence-corrected chi connectivity index (χ1v) is 14.7. The van der Waals surface area contributed by atoms with Crippen LogP contribution in [-0.2, 0) is 9.53 Å². The zero-order valence-corrected chi connectivity index (χ0v) is 25.7. The molecule has 1 aromatic heterocycles. The number of benzene rings is 3. The number of ether oxygens (including phenoxy) is 5. The highest BCUT2D eigenvalue weighted by Gasteiger charge is 2.35. The van der Waals surface area contributed by atoms with E-state index in [0.29, 0.717) is 50.2 Å². The summed E-state index contributed by atoms with van der Waals surface area (Å²) >= 11 is 1.23. The van der Waals surface area contributed by atoms with Crippen molar-refractivity contribution in [1.82, 2.24) is 4.57 Å². The summed E-state index contributed by atoms with van der Waals surface area (Å²) in [6.07, 6.45) is 3.42. The summed E-state index contributed by atoms with van der Waals surface area (Å²) in [4.78, 5) is 33.2. The van der Waals surface area contributed by atoms with Gasteiger partial charge in [0.05, 0.1) is 49.8 Å². The van der Waals surface area contributed by atoms with Crippen LogP contribution in [0.3, 0.4) is 0 Å². The second kappa shape index (κ2) is 13.5. The average molecular weight is 613 g/mol. The summed E-state index contributed by atoms with van der Waals surface area (Å²) < 4.78 is 29.7. The predicted octanol–water partition coefficient (Wildman–Crippen LogP) is 4.53. The third-order valence-corrected chi connectivity index (χ3v) is 7.92. The van der Waals surface area contributed by atoms with Gasteiger partial charge in [-0.1, -0.05) is 66.5 Å². The largest absolute Gasteiger partial charge is 0.493 e. The topological polar surface area (TPSA) is 97.6 Å². The molecule has 9 nitrogen and oxygen atoms in total. The molecule has 1 aliphatic heterocycles. The molecule has 0 unspecified atom stereocenters. The maximum absolute atomic E-state index is 14.2. The van der Waals surface area contributed by atoms with Crippen LogP contribution in [0, 0.1) is 0 Å². The lowest BCUT2D eigenvalue weighted by molar-refractivity contribution is -0.138. The number of esters is 1. The van der Waals surface area contributed by atoms with Crippen LogP contribution in [0.1, 0.15) is 29.7 Å². The summed E-state index contributed by atoms with van der Waals surface area (Å²) in [6.45, 7) is 5.91. The maximum atomic E-state index is 14.2. The molecule has 0 saturated heterocycles. The summed E-state index contributed by atoms with van der Waals surface area (Å²) in [5.41, 5.74) is 2.45. The van der Waals surface area contributed by atoms with Gasteiger partial charge in [0.15, 0.2) is 27.8 Å². The third-order valence-electron chi connectivity index (χ3n) is 6.94. The first-order chi connectivity index (χ1) is 21.4. The molecule has 44 heavy (non-hydrogen) atoms. The van der Waals surface area contributed by atoms with Crippen molar-refractivity contribution in [3.8, 4) is 23.0 Å². The van der Waals surface area contributed by atoms with Crippen molar-refractivity contribution in [2.24, 2.45) is 4.99 Å². The van der Waals surface area contributed by atoms with Crippen molar-refractivity contribution >= 4 is 29.1 Å². The van der Waals surface area contributed by atoms with Crippen molar-refractivity contribution in [1.29, 1.82) is 0 Å². The number of thiazole rings is 1. The SMILES string of the molecule is C=CCOc1ccc(/C=c2\sc3n(c2=O)[C@H](c2ccc(OC)c(OC)c2)C(C(=O)OCC)=C(c2ccccc2)N=3)cc1OC. The Hall–Kier alpha value is -5.09. The fourth-order valence-corrected chi connectivity index (χ4v) is 5.97. The van der Waals surface area contributed by atoms with E-state index in [1.165, 1.54) is 23.0 Å². The molecule has 10 heteroatoms. The Labute approximate surface area is 258 Å². The molecule has 0 aliphatic carbocycles. The number of hydrogen-bond acceptors (Lipinski definition) is 9. The minimum absolute atomic E-state index is 0.155. The number of methoxy groups -OCH3 is 3. The number of rotatable bonds is 11. The molecule has 0 bridgehead atoms. The Morgan fingerprint density at radius 2 is 1.66 bits per heavy atom. The monoisotopic (exact) mass is 612 g/mol. The molecular formula is C34H32N2O7S. The van der Waals surface area contributed by atoms with E-state index in [4.69, 9.17) is 28.7 Å². The van der Waals surface area contributed by atoms with Crippen molar-refractivity contribution in [3.05, 3.63) is 121 Å². The number of carbonyl (C=O) groups is 1. The molecule has 3 aromatic carbocycles. The number of hydrogen-bond donors (Lipinski definition) is 0. The van der Waals surface area contributed by atoms with Gasteiger partial charge < -0.3 is 23.7 Å². The summed E-state index contributed by atoms with van der Waals surface area (Å²) in [5, 5.41) is 0. The highest BCUT2D eigenvalue weighted by atomic mass is 32.1. The van der Waals surface area contributed by atoms with Gasteiger partial charge in [-0.05, 0) is 48.4 Å². The van der Waals surface area contributed by atoms with Crippen LogP contribution >= 0.6 is 11.3 Å². The zero-order valence-electron chi connectivity index (χ0n) is 24.9. The van der Waals surface area contributed by atoms with Crippen molar-refractivity contribution < 1.29 is 28.5 Å². The molecule has 0 N–H and O–H groups in total. The molecule has 1 aliphatic rings. The van der Waals surface area contributed by atoms with Gasteiger partial charge in [-0.3, -0.25) is 9.36 Å². The van der Waals surface area contributed by atoms with E-state index in [2.05, 4.69) is 6.58 Å². The molecule has 4 aromatic rings. The lowest BCUT2D eigenvalue weighted by Crippen LogP contribution is -2.40. The fourth-order valence-electron chi connectivity index (χ4n) is 4.97. The Kier molecular flexibility index (Phi) is 9.30. The molecule has 2 heterocycles. The lowest BCUT2D eigenvalue weighted by atomic mass is 9.93. The second-order valence-corrected chi connectivity index (χ2v) is 10.6. The highest BCUT2D eigenvalue weighted by Crippen LogP contribution is 2.38. The van der Waals surface area contributed by atoms with Gasteiger partial charge in [0.2, 0.25) is 0 Å². The highest BCUT2D eigenvalue weighted by molar-refractivity contribution is 7.07. The quantitative estimate of drug-likeness (QED) is 0.181. The van der Waals surface area contributed by atoms with Crippen LogP contribution in [0.2, 0.25) is 0 Å². The molecule has 1 atom stereocenters. The van der Waals surface area contributed by atoms with Gasteiger partial charge in [0.25, 0.3) is 5.56 Å². The number of fused-ring (bicyclic) bond motifs is 1. The molecular weight excluding hydrogens is 580 g/mol. The van der Waals surface area contributed by atoms with E-state index in [9.17, 15) is 9.59 Å². The molecule has 226 valence electrons. The van der Waals surface area contributed by atoms with Crippen LogP contribution in [0.25, 0.3) is 11.8 Å². The second-order valence-electron chi connectivity index (χ2n) is 9.56. The van der Waals surface area contributed by atoms with E-state index in [1.807, 2.05) is 42.5 Å². The maximum Gasteiger partial charge on any atom is 0.338 e. The van der Waals surface area contributed by atoms with Crippen LogP contribution in [-0.4, -0.2) is 45.1 Å². The molecule has 0 spiro atoms. The average Bonchev–Trinajstić information content (AvgIpc) is 3.37. The van der Waals surface area contributed by atoms with E-state index in [-0.39, 0.29) is 17.7 Å². The van der Waals surface area contributed by atoms with Crippen LogP contribution < -0.4 is 33.8 Å². The summed E-state index contributed by atoms with van der Waals surface area (Å²) in [6, 6.07) is 19.3. The third kappa shape index (κ3) is 5.89.